The Morgan fingerprint density at radius 2 is 1.74 bits per heavy atom. The lowest BCUT2D eigenvalue weighted by atomic mass is 9.79. The molecule has 0 fully saturated rings. The third kappa shape index (κ3) is 6.07. The van der Waals surface area contributed by atoms with Gasteiger partial charge in [0.05, 0.1) is 17.8 Å². The molecular formula is C20H30NO5Si. The van der Waals surface area contributed by atoms with E-state index in [1.165, 1.54) is 0 Å². The smallest absolute Gasteiger partial charge is 0.405 e. The SMILES string of the molecule is Cc1cc(C(=O)[C@H](COC(C)(C)C)NC(=O)O)c(O[Si])c(C)c1C(C)(C)C. The fraction of sp³-hybridized carbons (Fsp3) is 0.600. The van der Waals surface area contributed by atoms with Gasteiger partial charge in [0.2, 0.25) is 0 Å². The van der Waals surface area contributed by atoms with Crippen LogP contribution in [0.5, 0.6) is 5.75 Å². The monoisotopic (exact) mass is 392 g/mol. The van der Waals surface area contributed by atoms with Crippen LogP contribution >= 0.6 is 0 Å². The van der Waals surface area contributed by atoms with E-state index in [1.807, 2.05) is 34.6 Å². The Kier molecular flexibility index (Phi) is 7.24. The standard InChI is InChI=1S/C20H30NO5Si/c1-11-9-13(17(26-27)12(2)15(11)19(3,4)5)16(22)14(21-18(23)24)10-25-20(6,7)8/h9,14,21H,10H2,1-8H3,(H,23,24)/t14-/m0/s1. The summed E-state index contributed by atoms with van der Waals surface area (Å²) in [6.07, 6.45) is -1.29. The number of hydrogen-bond donors (Lipinski definition) is 2. The summed E-state index contributed by atoms with van der Waals surface area (Å²) < 4.78 is 11.0. The van der Waals surface area contributed by atoms with Crippen molar-refractivity contribution < 1.29 is 23.9 Å². The van der Waals surface area contributed by atoms with Crippen molar-refractivity contribution in [1.29, 1.82) is 0 Å². The van der Waals surface area contributed by atoms with E-state index in [2.05, 4.69) is 36.6 Å². The molecule has 0 spiro atoms. The van der Waals surface area contributed by atoms with Gasteiger partial charge < -0.3 is 19.6 Å². The Morgan fingerprint density at radius 1 is 1.19 bits per heavy atom. The first-order valence-electron chi connectivity index (χ1n) is 8.85. The molecule has 0 unspecified atom stereocenters. The number of amides is 1. The number of benzene rings is 1. The van der Waals surface area contributed by atoms with E-state index < -0.39 is 23.5 Å². The van der Waals surface area contributed by atoms with Crippen molar-refractivity contribution in [3.8, 4) is 5.75 Å². The van der Waals surface area contributed by atoms with Gasteiger partial charge in [0.25, 0.3) is 0 Å². The molecule has 0 saturated carbocycles. The zero-order valence-corrected chi connectivity index (χ0v) is 18.4. The third-order valence-electron chi connectivity index (χ3n) is 4.13. The van der Waals surface area contributed by atoms with Crippen molar-refractivity contribution >= 4 is 22.4 Å². The van der Waals surface area contributed by atoms with Gasteiger partial charge in [0, 0.05) is 0 Å². The molecule has 1 aromatic rings. The number of ketones is 1. The molecule has 1 atom stereocenters. The number of aryl methyl sites for hydroxylation is 1. The topological polar surface area (TPSA) is 84.9 Å². The van der Waals surface area contributed by atoms with Crippen LogP contribution in [0.2, 0.25) is 0 Å². The number of rotatable bonds is 6. The molecular weight excluding hydrogens is 362 g/mol. The highest BCUT2D eigenvalue weighted by Crippen LogP contribution is 2.37. The number of hydrogen-bond acceptors (Lipinski definition) is 4. The van der Waals surface area contributed by atoms with Gasteiger partial charge in [-0.05, 0) is 62.8 Å². The van der Waals surface area contributed by atoms with E-state index in [4.69, 9.17) is 14.3 Å². The Labute approximate surface area is 165 Å². The lowest BCUT2D eigenvalue weighted by Crippen LogP contribution is -2.45. The molecule has 0 aliphatic rings. The van der Waals surface area contributed by atoms with Gasteiger partial charge in [-0.25, -0.2) is 4.79 Å². The van der Waals surface area contributed by atoms with Gasteiger partial charge in [0.15, 0.2) is 5.78 Å². The molecule has 0 aliphatic heterocycles. The molecule has 6 nitrogen and oxygen atoms in total. The Hall–Kier alpha value is -1.86. The van der Waals surface area contributed by atoms with Crippen molar-refractivity contribution in [2.45, 2.75) is 72.4 Å². The summed E-state index contributed by atoms with van der Waals surface area (Å²) in [6, 6.07) is 0.709. The normalized spacial score (nSPS) is 13.2. The van der Waals surface area contributed by atoms with Gasteiger partial charge in [0.1, 0.15) is 11.8 Å². The predicted molar refractivity (Wildman–Crippen MR) is 106 cm³/mol. The number of carbonyl (C=O) groups excluding carboxylic acids is 1. The highest BCUT2D eigenvalue weighted by atomic mass is 28.2. The second kappa shape index (κ2) is 8.44. The van der Waals surface area contributed by atoms with E-state index in [0.717, 1.165) is 16.7 Å². The summed E-state index contributed by atoms with van der Waals surface area (Å²) >= 11 is 0. The summed E-state index contributed by atoms with van der Waals surface area (Å²) in [4.78, 5) is 24.3. The third-order valence-corrected chi connectivity index (χ3v) is 4.33. The highest BCUT2D eigenvalue weighted by molar-refractivity contribution is 6.07. The fourth-order valence-electron chi connectivity index (χ4n) is 3.29. The molecule has 1 aromatic carbocycles. The second-order valence-corrected chi connectivity index (χ2v) is 8.92. The summed E-state index contributed by atoms with van der Waals surface area (Å²) in [6.45, 7) is 15.6. The number of nitrogens with one attached hydrogen (secondary N) is 1. The molecule has 149 valence electrons. The van der Waals surface area contributed by atoms with Crippen LogP contribution in [0.1, 0.15) is 68.6 Å². The Balaban J connectivity index is 3.43. The summed E-state index contributed by atoms with van der Waals surface area (Å²) in [5, 5.41) is 11.4. The van der Waals surface area contributed by atoms with Crippen molar-refractivity contribution in [3.05, 3.63) is 28.3 Å². The maximum absolute atomic E-state index is 13.1. The van der Waals surface area contributed by atoms with Gasteiger partial charge in [-0.1, -0.05) is 20.8 Å². The quantitative estimate of drug-likeness (QED) is 0.570. The van der Waals surface area contributed by atoms with Crippen LogP contribution in [-0.4, -0.2) is 45.7 Å². The molecule has 0 aromatic heterocycles. The van der Waals surface area contributed by atoms with E-state index in [9.17, 15) is 9.59 Å². The van der Waals surface area contributed by atoms with Crippen molar-refractivity contribution in [2.75, 3.05) is 6.61 Å². The Bertz CT molecular complexity index is 717. The number of Topliss-reactive ketones (excluding diaryl/α,β-unsaturated/α-hetero) is 1. The predicted octanol–water partition coefficient (Wildman–Crippen LogP) is 3.70. The van der Waals surface area contributed by atoms with Gasteiger partial charge in [-0.2, -0.15) is 0 Å². The first-order valence-corrected chi connectivity index (χ1v) is 9.25. The zero-order valence-electron chi connectivity index (χ0n) is 17.4. The average Bonchev–Trinajstić information content (AvgIpc) is 2.47. The van der Waals surface area contributed by atoms with Crippen LogP contribution in [0.3, 0.4) is 0 Å². The molecule has 0 aliphatic carbocycles. The minimum absolute atomic E-state index is 0.0745. The molecule has 27 heavy (non-hydrogen) atoms. The number of ether oxygens (including phenoxy) is 1. The maximum atomic E-state index is 13.1. The Morgan fingerprint density at radius 3 is 2.15 bits per heavy atom. The summed E-state index contributed by atoms with van der Waals surface area (Å²) in [7, 11) is 3.06. The largest absolute Gasteiger partial charge is 0.540 e. The molecule has 3 radical (unpaired) electrons. The van der Waals surface area contributed by atoms with Crippen LogP contribution in [0.4, 0.5) is 4.79 Å². The lowest BCUT2D eigenvalue weighted by molar-refractivity contribution is -0.0113. The molecule has 0 saturated heterocycles. The van der Waals surface area contributed by atoms with Crippen molar-refractivity contribution in [1.82, 2.24) is 5.32 Å². The molecule has 1 amide bonds. The van der Waals surface area contributed by atoms with Crippen LogP contribution in [0.25, 0.3) is 0 Å². The molecule has 7 heteroatoms. The summed E-state index contributed by atoms with van der Waals surface area (Å²) in [5.41, 5.74) is 2.54. The minimum Gasteiger partial charge on any atom is -0.540 e. The molecule has 1 rings (SSSR count). The van der Waals surface area contributed by atoms with E-state index in [0.29, 0.717) is 11.3 Å². The van der Waals surface area contributed by atoms with Crippen LogP contribution < -0.4 is 9.74 Å². The van der Waals surface area contributed by atoms with Gasteiger partial charge in [-0.15, -0.1) is 0 Å². The first-order chi connectivity index (χ1) is 12.2. The first kappa shape index (κ1) is 23.2. The van der Waals surface area contributed by atoms with Crippen LogP contribution in [0.15, 0.2) is 6.07 Å². The fourth-order valence-corrected chi connectivity index (χ4v) is 3.55. The maximum Gasteiger partial charge on any atom is 0.405 e. The van der Waals surface area contributed by atoms with Crippen molar-refractivity contribution in [3.63, 3.8) is 0 Å². The van der Waals surface area contributed by atoms with Crippen molar-refractivity contribution in [2.24, 2.45) is 0 Å². The van der Waals surface area contributed by atoms with Crippen LogP contribution in [0, 0.1) is 13.8 Å². The molecule has 2 N–H and O–H groups in total. The number of carboxylic acid groups (broad SMARTS) is 1. The van der Waals surface area contributed by atoms with E-state index >= 15 is 0 Å². The van der Waals surface area contributed by atoms with E-state index in [1.54, 1.807) is 6.07 Å². The van der Waals surface area contributed by atoms with Gasteiger partial charge in [-0.3, -0.25) is 4.79 Å². The molecule has 0 bridgehead atoms. The van der Waals surface area contributed by atoms with Gasteiger partial charge >= 0.3 is 16.6 Å². The average molecular weight is 393 g/mol. The summed E-state index contributed by atoms with van der Waals surface area (Å²) in [5.74, 6) is -0.0123. The minimum atomic E-state index is -1.29. The highest BCUT2D eigenvalue weighted by Gasteiger charge is 2.30. The van der Waals surface area contributed by atoms with Crippen LogP contribution in [-0.2, 0) is 10.2 Å². The zero-order chi connectivity index (χ0) is 21.2. The molecule has 0 heterocycles. The second-order valence-electron chi connectivity index (χ2n) is 8.71. The van der Waals surface area contributed by atoms with E-state index in [-0.39, 0.29) is 12.0 Å². The number of carbonyl (C=O) groups is 2. The lowest BCUT2D eigenvalue weighted by Gasteiger charge is -2.28.